The van der Waals surface area contributed by atoms with E-state index in [0.29, 0.717) is 0 Å². The average molecular weight is 292 g/mol. The molecule has 0 atom stereocenters. The highest BCUT2D eigenvalue weighted by Crippen LogP contribution is 2.30. The van der Waals surface area contributed by atoms with Crippen LogP contribution in [-0.2, 0) is 4.79 Å². The van der Waals surface area contributed by atoms with Gasteiger partial charge in [-0.15, -0.1) is 11.3 Å². The first-order valence-electron chi connectivity index (χ1n) is 6.54. The normalized spacial score (nSPS) is 16.8. The average Bonchev–Trinajstić information content (AvgIpc) is 2.79. The molecule has 106 valence electrons. The lowest BCUT2D eigenvalue weighted by Crippen LogP contribution is -2.48. The molecule has 3 rings (SSSR count). The number of carboxylic acids is 1. The third-order valence-electron chi connectivity index (χ3n) is 3.46. The number of hydrogen-bond acceptors (Lipinski definition) is 6. The maximum atomic E-state index is 10.7. The van der Waals surface area contributed by atoms with Crippen LogP contribution in [0, 0.1) is 6.92 Å². The summed E-state index contributed by atoms with van der Waals surface area (Å²) in [5.41, 5.74) is 0. The zero-order valence-corrected chi connectivity index (χ0v) is 12.1. The molecular weight excluding hydrogens is 276 g/mol. The van der Waals surface area contributed by atoms with Gasteiger partial charge in [-0.25, -0.2) is 9.97 Å². The van der Waals surface area contributed by atoms with Gasteiger partial charge in [0.15, 0.2) is 0 Å². The van der Waals surface area contributed by atoms with E-state index in [1.807, 2.05) is 4.90 Å². The van der Waals surface area contributed by atoms with E-state index >= 15 is 0 Å². The zero-order valence-electron chi connectivity index (χ0n) is 11.2. The quantitative estimate of drug-likeness (QED) is 0.917. The highest BCUT2D eigenvalue weighted by molar-refractivity contribution is 7.18. The van der Waals surface area contributed by atoms with Crippen LogP contribution in [0.15, 0.2) is 12.4 Å². The van der Waals surface area contributed by atoms with Crippen LogP contribution >= 0.6 is 11.3 Å². The van der Waals surface area contributed by atoms with E-state index in [1.165, 1.54) is 4.88 Å². The van der Waals surface area contributed by atoms with Crippen molar-refractivity contribution in [3.05, 3.63) is 17.3 Å². The summed E-state index contributed by atoms with van der Waals surface area (Å²) in [7, 11) is 0. The third-order valence-corrected chi connectivity index (χ3v) is 4.42. The maximum Gasteiger partial charge on any atom is 0.317 e. The van der Waals surface area contributed by atoms with Crippen LogP contribution in [0.5, 0.6) is 0 Å². The van der Waals surface area contributed by atoms with E-state index in [-0.39, 0.29) is 6.54 Å². The van der Waals surface area contributed by atoms with E-state index in [0.717, 1.165) is 42.2 Å². The molecule has 0 amide bonds. The Morgan fingerprint density at radius 3 is 2.80 bits per heavy atom. The number of aryl methyl sites for hydroxylation is 1. The van der Waals surface area contributed by atoms with Crippen LogP contribution < -0.4 is 4.90 Å². The van der Waals surface area contributed by atoms with Crippen molar-refractivity contribution >= 4 is 33.3 Å². The van der Waals surface area contributed by atoms with Crippen LogP contribution in [-0.4, -0.2) is 58.7 Å². The molecule has 1 saturated heterocycles. The van der Waals surface area contributed by atoms with Gasteiger partial charge in [0.1, 0.15) is 17.0 Å². The van der Waals surface area contributed by atoms with Gasteiger partial charge in [-0.1, -0.05) is 0 Å². The lowest BCUT2D eigenvalue weighted by atomic mass is 10.2. The van der Waals surface area contributed by atoms with E-state index in [2.05, 4.69) is 27.9 Å². The molecule has 6 nitrogen and oxygen atoms in total. The predicted octanol–water partition coefficient (Wildman–Crippen LogP) is 1.21. The molecule has 0 saturated carbocycles. The molecule has 1 aliphatic rings. The molecule has 2 aromatic heterocycles. The number of thiophene rings is 1. The Morgan fingerprint density at radius 2 is 2.10 bits per heavy atom. The zero-order chi connectivity index (χ0) is 14.1. The summed E-state index contributed by atoms with van der Waals surface area (Å²) in [6, 6.07) is 2.12. The molecule has 0 unspecified atom stereocenters. The number of piperazine rings is 1. The molecule has 20 heavy (non-hydrogen) atoms. The van der Waals surface area contributed by atoms with E-state index in [4.69, 9.17) is 5.11 Å². The fourth-order valence-electron chi connectivity index (χ4n) is 2.52. The van der Waals surface area contributed by atoms with Crippen molar-refractivity contribution in [3.8, 4) is 0 Å². The van der Waals surface area contributed by atoms with Gasteiger partial charge in [0, 0.05) is 31.1 Å². The lowest BCUT2D eigenvalue weighted by molar-refractivity contribution is -0.138. The molecule has 7 heteroatoms. The van der Waals surface area contributed by atoms with Gasteiger partial charge in [0.05, 0.1) is 11.9 Å². The molecular formula is C13H16N4O2S. The van der Waals surface area contributed by atoms with E-state index in [1.54, 1.807) is 17.7 Å². The van der Waals surface area contributed by atoms with Gasteiger partial charge in [-0.2, -0.15) is 0 Å². The molecule has 1 aliphatic heterocycles. The first-order chi connectivity index (χ1) is 9.63. The van der Waals surface area contributed by atoms with Crippen molar-refractivity contribution in [2.24, 2.45) is 0 Å². The molecule has 1 N–H and O–H groups in total. The summed E-state index contributed by atoms with van der Waals surface area (Å²) in [6.07, 6.45) is 1.61. The summed E-state index contributed by atoms with van der Waals surface area (Å²) in [5.74, 6) is 0.200. The van der Waals surface area contributed by atoms with Gasteiger partial charge in [0.25, 0.3) is 0 Å². The number of fused-ring (bicyclic) bond motifs is 1. The highest BCUT2D eigenvalue weighted by Gasteiger charge is 2.21. The second-order valence-electron chi connectivity index (χ2n) is 4.93. The van der Waals surface area contributed by atoms with Crippen LogP contribution in [0.1, 0.15) is 4.88 Å². The van der Waals surface area contributed by atoms with Crippen molar-refractivity contribution in [3.63, 3.8) is 0 Å². The van der Waals surface area contributed by atoms with Crippen molar-refractivity contribution in [2.45, 2.75) is 6.92 Å². The SMILES string of the molecule is Cc1cc2c(N3CCN(CC(=O)O)CC3)ncnc2s1. The Labute approximate surface area is 120 Å². The van der Waals surface area contributed by atoms with Gasteiger partial charge in [-0.05, 0) is 13.0 Å². The summed E-state index contributed by atoms with van der Waals surface area (Å²) in [5, 5.41) is 9.92. The van der Waals surface area contributed by atoms with Crippen LogP contribution in [0.25, 0.3) is 10.2 Å². The molecule has 0 spiro atoms. The highest BCUT2D eigenvalue weighted by atomic mass is 32.1. The number of nitrogens with zero attached hydrogens (tertiary/aromatic N) is 4. The summed E-state index contributed by atoms with van der Waals surface area (Å²) in [4.78, 5) is 25.9. The van der Waals surface area contributed by atoms with Crippen molar-refractivity contribution in [1.82, 2.24) is 14.9 Å². The number of aromatic nitrogens is 2. The number of anilines is 1. The standard InChI is InChI=1S/C13H16N4O2S/c1-9-6-10-12(14-8-15-13(10)20-9)17-4-2-16(3-5-17)7-11(18)19/h6,8H,2-5,7H2,1H3,(H,18,19). The maximum absolute atomic E-state index is 10.7. The Bertz CT molecular complexity index is 634. The number of rotatable bonds is 3. The number of hydrogen-bond donors (Lipinski definition) is 1. The monoisotopic (exact) mass is 292 g/mol. The Hall–Kier alpha value is -1.73. The Balaban J connectivity index is 1.78. The summed E-state index contributed by atoms with van der Waals surface area (Å²) >= 11 is 1.67. The molecule has 0 bridgehead atoms. The fourth-order valence-corrected chi connectivity index (χ4v) is 3.37. The number of carboxylic acid groups (broad SMARTS) is 1. The molecule has 0 aliphatic carbocycles. The molecule has 3 heterocycles. The van der Waals surface area contributed by atoms with E-state index < -0.39 is 5.97 Å². The van der Waals surface area contributed by atoms with Gasteiger partial charge >= 0.3 is 5.97 Å². The first kappa shape index (κ1) is 13.3. The largest absolute Gasteiger partial charge is 0.480 e. The Kier molecular flexibility index (Phi) is 3.54. The summed E-state index contributed by atoms with van der Waals surface area (Å²) < 4.78 is 0. The lowest BCUT2D eigenvalue weighted by Gasteiger charge is -2.34. The van der Waals surface area contributed by atoms with Gasteiger partial charge in [0.2, 0.25) is 0 Å². The van der Waals surface area contributed by atoms with E-state index in [9.17, 15) is 4.79 Å². The van der Waals surface area contributed by atoms with Crippen molar-refractivity contribution < 1.29 is 9.90 Å². The minimum atomic E-state index is -0.767. The smallest absolute Gasteiger partial charge is 0.317 e. The minimum absolute atomic E-state index is 0.116. The third kappa shape index (κ3) is 2.59. The molecule has 1 fully saturated rings. The first-order valence-corrected chi connectivity index (χ1v) is 7.35. The summed E-state index contributed by atoms with van der Waals surface area (Å²) in [6.45, 7) is 5.29. The fraction of sp³-hybridized carbons (Fsp3) is 0.462. The number of aliphatic carboxylic acids is 1. The topological polar surface area (TPSA) is 69.6 Å². The molecule has 0 aromatic carbocycles. The van der Waals surface area contributed by atoms with Crippen molar-refractivity contribution in [1.29, 1.82) is 0 Å². The van der Waals surface area contributed by atoms with Gasteiger partial charge < -0.3 is 10.0 Å². The predicted molar refractivity (Wildman–Crippen MR) is 78.4 cm³/mol. The second-order valence-corrected chi connectivity index (χ2v) is 6.16. The Morgan fingerprint density at radius 1 is 1.35 bits per heavy atom. The van der Waals surface area contributed by atoms with Crippen LogP contribution in [0.2, 0.25) is 0 Å². The van der Waals surface area contributed by atoms with Crippen LogP contribution in [0.4, 0.5) is 5.82 Å². The number of carbonyl (C=O) groups is 1. The minimum Gasteiger partial charge on any atom is -0.480 e. The molecule has 0 radical (unpaired) electrons. The molecule has 2 aromatic rings. The second kappa shape index (κ2) is 5.34. The van der Waals surface area contributed by atoms with Crippen LogP contribution in [0.3, 0.4) is 0 Å². The van der Waals surface area contributed by atoms with Crippen molar-refractivity contribution in [2.75, 3.05) is 37.6 Å². The van der Waals surface area contributed by atoms with Gasteiger partial charge in [-0.3, -0.25) is 9.69 Å².